The highest BCUT2D eigenvalue weighted by Crippen LogP contribution is 2.42. The highest BCUT2D eigenvalue weighted by Gasteiger charge is 2.44. The summed E-state index contributed by atoms with van der Waals surface area (Å²) in [7, 11) is 3.45. The van der Waals surface area contributed by atoms with Crippen LogP contribution >= 0.6 is 0 Å². The molecule has 2 aromatic carbocycles. The Balaban J connectivity index is 1.52. The van der Waals surface area contributed by atoms with Crippen LogP contribution in [0.4, 0.5) is 11.4 Å². The lowest BCUT2D eigenvalue weighted by molar-refractivity contribution is -0.384. The third-order valence-electron chi connectivity index (χ3n) is 6.64. The molecule has 0 bridgehead atoms. The van der Waals surface area contributed by atoms with Crippen molar-refractivity contribution in [3.63, 3.8) is 0 Å². The Morgan fingerprint density at radius 2 is 1.84 bits per heavy atom. The van der Waals surface area contributed by atoms with E-state index in [0.717, 1.165) is 11.1 Å². The number of fused-ring (bicyclic) bond motifs is 1. The summed E-state index contributed by atoms with van der Waals surface area (Å²) >= 11 is 0. The molecule has 168 valence electrons. The maximum atomic E-state index is 13.1. The number of rotatable bonds is 3. The van der Waals surface area contributed by atoms with Crippen LogP contribution in [0.2, 0.25) is 0 Å². The zero-order valence-corrected chi connectivity index (χ0v) is 18.8. The summed E-state index contributed by atoms with van der Waals surface area (Å²) in [5, 5.41) is 11.5. The standard InChI is InChI=1S/C24H27N3O5/c1-15-5-7-18-21(28)14-24(32-22(18)16(15)2)9-11-26(12-10-24)23(29)17-6-8-19(25(3)4)20(13-17)27(30)31/h5-8,13H,9-12,14H2,1-4H3. The second-order valence-corrected chi connectivity index (χ2v) is 8.92. The molecule has 8 heteroatoms. The van der Waals surface area contributed by atoms with E-state index in [2.05, 4.69) is 0 Å². The van der Waals surface area contributed by atoms with Crippen molar-refractivity contribution in [1.29, 1.82) is 0 Å². The molecule has 2 aromatic rings. The minimum atomic E-state index is -0.611. The number of piperidine rings is 1. The number of nitro groups is 1. The number of ketones is 1. The van der Waals surface area contributed by atoms with Crippen molar-refractivity contribution in [3.05, 3.63) is 62.7 Å². The van der Waals surface area contributed by atoms with E-state index in [-0.39, 0.29) is 22.9 Å². The topological polar surface area (TPSA) is 93.0 Å². The molecule has 2 aliphatic heterocycles. The van der Waals surface area contributed by atoms with Gasteiger partial charge in [0.1, 0.15) is 17.0 Å². The van der Waals surface area contributed by atoms with Gasteiger partial charge in [-0.25, -0.2) is 0 Å². The number of carbonyl (C=O) groups excluding carboxylic acids is 2. The van der Waals surface area contributed by atoms with E-state index in [4.69, 9.17) is 4.74 Å². The van der Waals surface area contributed by atoms with Gasteiger partial charge in [-0.15, -0.1) is 0 Å². The lowest BCUT2D eigenvalue weighted by Crippen LogP contribution is -2.52. The fourth-order valence-electron chi connectivity index (χ4n) is 4.54. The first-order chi connectivity index (χ1) is 15.1. The maximum absolute atomic E-state index is 13.1. The monoisotopic (exact) mass is 437 g/mol. The van der Waals surface area contributed by atoms with Gasteiger partial charge in [-0.2, -0.15) is 0 Å². The van der Waals surface area contributed by atoms with Crippen LogP contribution in [0.3, 0.4) is 0 Å². The molecular formula is C24H27N3O5. The van der Waals surface area contributed by atoms with E-state index in [1.807, 2.05) is 26.0 Å². The molecule has 2 aliphatic rings. The molecular weight excluding hydrogens is 410 g/mol. The number of benzene rings is 2. The summed E-state index contributed by atoms with van der Waals surface area (Å²) in [6.45, 7) is 4.81. The Morgan fingerprint density at radius 1 is 1.16 bits per heavy atom. The molecule has 0 unspecified atom stereocenters. The van der Waals surface area contributed by atoms with Crippen LogP contribution in [0.15, 0.2) is 30.3 Å². The van der Waals surface area contributed by atoms with Crippen molar-refractivity contribution in [1.82, 2.24) is 4.90 Å². The maximum Gasteiger partial charge on any atom is 0.293 e. The van der Waals surface area contributed by atoms with Crippen LogP contribution in [-0.4, -0.2) is 54.3 Å². The lowest BCUT2D eigenvalue weighted by Gasteiger charge is -2.44. The fourth-order valence-corrected chi connectivity index (χ4v) is 4.54. The predicted molar refractivity (Wildman–Crippen MR) is 121 cm³/mol. The van der Waals surface area contributed by atoms with Crippen LogP contribution in [-0.2, 0) is 0 Å². The zero-order chi connectivity index (χ0) is 23.2. The van der Waals surface area contributed by atoms with Gasteiger partial charge in [0, 0.05) is 51.7 Å². The van der Waals surface area contributed by atoms with Crippen molar-refractivity contribution in [2.24, 2.45) is 0 Å². The number of ether oxygens (including phenoxy) is 1. The number of likely N-dealkylation sites (tertiary alicyclic amines) is 1. The van der Waals surface area contributed by atoms with E-state index < -0.39 is 10.5 Å². The Labute approximate surface area is 186 Å². The quantitative estimate of drug-likeness (QED) is 0.534. The van der Waals surface area contributed by atoms with Crippen molar-refractivity contribution in [2.45, 2.75) is 38.7 Å². The van der Waals surface area contributed by atoms with Gasteiger partial charge in [-0.05, 0) is 43.2 Å². The van der Waals surface area contributed by atoms with Gasteiger partial charge in [0.25, 0.3) is 11.6 Å². The molecule has 0 atom stereocenters. The molecule has 1 spiro atoms. The summed E-state index contributed by atoms with van der Waals surface area (Å²) in [6, 6.07) is 8.33. The van der Waals surface area contributed by atoms with Gasteiger partial charge in [0.15, 0.2) is 5.78 Å². The minimum absolute atomic E-state index is 0.0732. The van der Waals surface area contributed by atoms with Crippen molar-refractivity contribution in [3.8, 4) is 5.75 Å². The van der Waals surface area contributed by atoms with E-state index in [1.54, 1.807) is 36.0 Å². The fraction of sp³-hybridized carbons (Fsp3) is 0.417. The molecule has 0 radical (unpaired) electrons. The second-order valence-electron chi connectivity index (χ2n) is 8.92. The third-order valence-corrected chi connectivity index (χ3v) is 6.64. The van der Waals surface area contributed by atoms with Crippen molar-refractivity contribution < 1.29 is 19.2 Å². The van der Waals surface area contributed by atoms with Crippen LogP contribution in [0.1, 0.15) is 51.1 Å². The molecule has 4 rings (SSSR count). The zero-order valence-electron chi connectivity index (χ0n) is 18.8. The Kier molecular flexibility index (Phi) is 5.40. The molecule has 0 aromatic heterocycles. The number of nitro benzene ring substituents is 1. The first-order valence-electron chi connectivity index (χ1n) is 10.7. The summed E-state index contributed by atoms with van der Waals surface area (Å²) in [6.07, 6.45) is 1.37. The summed E-state index contributed by atoms with van der Waals surface area (Å²) in [5.41, 5.74) is 2.70. The van der Waals surface area contributed by atoms with Gasteiger partial charge in [-0.1, -0.05) is 6.07 Å². The van der Waals surface area contributed by atoms with E-state index >= 15 is 0 Å². The minimum Gasteiger partial charge on any atom is -0.486 e. The van der Waals surface area contributed by atoms with E-state index in [9.17, 15) is 19.7 Å². The number of carbonyl (C=O) groups is 2. The first kappa shape index (κ1) is 21.8. The van der Waals surface area contributed by atoms with Crippen LogP contribution in [0.5, 0.6) is 5.75 Å². The number of amides is 1. The van der Waals surface area contributed by atoms with Crippen molar-refractivity contribution >= 4 is 23.1 Å². The molecule has 0 saturated carbocycles. The SMILES string of the molecule is Cc1ccc2c(c1C)OC1(CCN(C(=O)c3ccc(N(C)C)c([N+](=O)[O-])c3)CC1)CC2=O. The number of Topliss-reactive ketones (excluding diaryl/α,β-unsaturated/α-hetero) is 1. The smallest absolute Gasteiger partial charge is 0.293 e. The number of aryl methyl sites for hydroxylation is 1. The number of hydrogen-bond acceptors (Lipinski definition) is 6. The second kappa shape index (κ2) is 7.93. The Bertz CT molecular complexity index is 1120. The Morgan fingerprint density at radius 3 is 2.47 bits per heavy atom. The van der Waals surface area contributed by atoms with Gasteiger partial charge < -0.3 is 14.5 Å². The van der Waals surface area contributed by atoms with Crippen LogP contribution < -0.4 is 9.64 Å². The average molecular weight is 437 g/mol. The average Bonchev–Trinajstić information content (AvgIpc) is 2.76. The van der Waals surface area contributed by atoms with Gasteiger partial charge in [-0.3, -0.25) is 19.7 Å². The number of nitrogens with zero attached hydrogens (tertiary/aromatic N) is 3. The summed E-state index contributed by atoms with van der Waals surface area (Å²) in [4.78, 5) is 40.2. The van der Waals surface area contributed by atoms with Gasteiger partial charge in [0.2, 0.25) is 0 Å². The molecule has 1 fully saturated rings. The summed E-state index contributed by atoms with van der Waals surface area (Å²) < 4.78 is 6.42. The molecule has 2 heterocycles. The summed E-state index contributed by atoms with van der Waals surface area (Å²) in [5.74, 6) is 0.489. The van der Waals surface area contributed by atoms with Crippen LogP contribution in [0.25, 0.3) is 0 Å². The highest BCUT2D eigenvalue weighted by atomic mass is 16.6. The first-order valence-corrected chi connectivity index (χ1v) is 10.7. The molecule has 32 heavy (non-hydrogen) atoms. The van der Waals surface area contributed by atoms with Gasteiger partial charge >= 0.3 is 0 Å². The number of anilines is 1. The molecule has 0 aliphatic carbocycles. The predicted octanol–water partition coefficient (Wildman–Crippen LogP) is 3.92. The lowest BCUT2D eigenvalue weighted by atomic mass is 9.81. The van der Waals surface area contributed by atoms with Gasteiger partial charge in [0.05, 0.1) is 16.9 Å². The van der Waals surface area contributed by atoms with E-state index in [0.29, 0.717) is 49.4 Å². The Hall–Kier alpha value is -3.42. The number of hydrogen-bond donors (Lipinski definition) is 0. The molecule has 1 saturated heterocycles. The molecule has 8 nitrogen and oxygen atoms in total. The largest absolute Gasteiger partial charge is 0.486 e. The van der Waals surface area contributed by atoms with Crippen molar-refractivity contribution in [2.75, 3.05) is 32.1 Å². The van der Waals surface area contributed by atoms with E-state index in [1.165, 1.54) is 6.07 Å². The molecule has 0 N–H and O–H groups in total. The highest BCUT2D eigenvalue weighted by molar-refractivity contribution is 6.01. The normalized spacial score (nSPS) is 17.0. The van der Waals surface area contributed by atoms with Crippen LogP contribution in [0, 0.1) is 24.0 Å². The third kappa shape index (κ3) is 3.70. The molecule has 1 amide bonds.